The van der Waals surface area contributed by atoms with Crippen molar-refractivity contribution in [2.24, 2.45) is 0 Å². The summed E-state index contributed by atoms with van der Waals surface area (Å²) in [5, 5.41) is 5.46. The predicted molar refractivity (Wildman–Crippen MR) is 115 cm³/mol. The third kappa shape index (κ3) is 5.00. The second-order valence-electron chi connectivity index (χ2n) is 7.81. The van der Waals surface area contributed by atoms with E-state index in [2.05, 4.69) is 42.7 Å². The molecule has 0 saturated carbocycles. The van der Waals surface area contributed by atoms with E-state index in [0.29, 0.717) is 23.6 Å². The Hall–Kier alpha value is -3.28. The molecule has 158 valence electrons. The minimum absolute atomic E-state index is 0.253. The number of carbonyl (C=O) groups excluding carboxylic acids is 2. The first-order chi connectivity index (χ1) is 14.2. The standard InChI is InChI=1S/C24H28N2O4/c1-14(2)30-23(27)21-17(5)25-24(28)26-22(21)18-8-10-20(11-9-18)29-13-19-12-15(3)6-7-16(19)4/h6-12,14,22H,13H2,1-5H3,(H2,25,26,28). The third-order valence-electron chi connectivity index (χ3n) is 4.94. The van der Waals surface area contributed by atoms with Crippen LogP contribution in [0.2, 0.25) is 0 Å². The Morgan fingerprint density at radius 2 is 1.77 bits per heavy atom. The predicted octanol–water partition coefficient (Wildman–Crippen LogP) is 4.46. The smallest absolute Gasteiger partial charge is 0.338 e. The summed E-state index contributed by atoms with van der Waals surface area (Å²) in [6.07, 6.45) is -0.253. The molecule has 6 nitrogen and oxygen atoms in total. The summed E-state index contributed by atoms with van der Waals surface area (Å²) < 4.78 is 11.3. The Morgan fingerprint density at radius 3 is 2.43 bits per heavy atom. The summed E-state index contributed by atoms with van der Waals surface area (Å²) in [6.45, 7) is 9.88. The molecule has 3 rings (SSSR count). The minimum Gasteiger partial charge on any atom is -0.489 e. The van der Waals surface area contributed by atoms with Crippen LogP contribution in [0.5, 0.6) is 5.75 Å². The van der Waals surface area contributed by atoms with Gasteiger partial charge in [0.05, 0.1) is 17.7 Å². The lowest BCUT2D eigenvalue weighted by molar-refractivity contribution is -0.143. The summed E-state index contributed by atoms with van der Waals surface area (Å²) in [6, 6.07) is 12.7. The van der Waals surface area contributed by atoms with Crippen molar-refractivity contribution >= 4 is 12.0 Å². The van der Waals surface area contributed by atoms with Crippen molar-refractivity contribution in [2.75, 3.05) is 0 Å². The van der Waals surface area contributed by atoms with Crippen LogP contribution < -0.4 is 15.4 Å². The van der Waals surface area contributed by atoms with Gasteiger partial charge in [-0.3, -0.25) is 0 Å². The number of urea groups is 1. The molecule has 0 aliphatic carbocycles. The summed E-state index contributed by atoms with van der Waals surface area (Å²) in [5.74, 6) is 0.266. The molecular weight excluding hydrogens is 380 g/mol. The van der Waals surface area contributed by atoms with Crippen LogP contribution in [0.25, 0.3) is 0 Å². The van der Waals surface area contributed by atoms with E-state index in [0.717, 1.165) is 11.1 Å². The second-order valence-corrected chi connectivity index (χ2v) is 7.81. The minimum atomic E-state index is -0.585. The third-order valence-corrected chi connectivity index (χ3v) is 4.94. The SMILES string of the molecule is CC1=C(C(=O)OC(C)C)C(c2ccc(OCc3cc(C)ccc3C)cc2)NC(=O)N1. The number of allylic oxidation sites excluding steroid dienone is 1. The monoisotopic (exact) mass is 408 g/mol. The highest BCUT2D eigenvalue weighted by molar-refractivity contribution is 5.95. The fourth-order valence-electron chi connectivity index (χ4n) is 3.37. The Balaban J connectivity index is 1.78. The van der Waals surface area contributed by atoms with Gasteiger partial charge in [-0.2, -0.15) is 0 Å². The van der Waals surface area contributed by atoms with E-state index in [1.807, 2.05) is 24.3 Å². The van der Waals surface area contributed by atoms with Gasteiger partial charge < -0.3 is 20.1 Å². The van der Waals surface area contributed by atoms with Crippen LogP contribution in [-0.4, -0.2) is 18.1 Å². The molecule has 1 heterocycles. The highest BCUT2D eigenvalue weighted by Gasteiger charge is 2.32. The number of benzene rings is 2. The Kier molecular flexibility index (Phi) is 6.45. The zero-order chi connectivity index (χ0) is 21.8. The maximum atomic E-state index is 12.6. The molecule has 2 aromatic carbocycles. The topological polar surface area (TPSA) is 76.7 Å². The molecule has 0 saturated heterocycles. The molecule has 0 radical (unpaired) electrons. The fourth-order valence-corrected chi connectivity index (χ4v) is 3.37. The molecule has 1 aliphatic heterocycles. The van der Waals surface area contributed by atoms with Gasteiger partial charge >= 0.3 is 12.0 Å². The quantitative estimate of drug-likeness (QED) is 0.692. The van der Waals surface area contributed by atoms with E-state index in [1.165, 1.54) is 11.1 Å². The number of esters is 1. The molecule has 1 atom stereocenters. The molecule has 0 aromatic heterocycles. The lowest BCUT2D eigenvalue weighted by Crippen LogP contribution is -2.45. The number of nitrogens with one attached hydrogen (secondary N) is 2. The van der Waals surface area contributed by atoms with E-state index in [9.17, 15) is 9.59 Å². The molecule has 1 aliphatic rings. The fraction of sp³-hybridized carbons (Fsp3) is 0.333. The first-order valence-electron chi connectivity index (χ1n) is 10.0. The zero-order valence-corrected chi connectivity index (χ0v) is 18.0. The first kappa shape index (κ1) is 21.4. The summed E-state index contributed by atoms with van der Waals surface area (Å²) in [7, 11) is 0. The number of hydrogen-bond acceptors (Lipinski definition) is 4. The molecule has 6 heteroatoms. The van der Waals surface area contributed by atoms with Crippen molar-refractivity contribution in [3.8, 4) is 5.75 Å². The highest BCUT2D eigenvalue weighted by atomic mass is 16.5. The zero-order valence-electron chi connectivity index (χ0n) is 18.0. The van der Waals surface area contributed by atoms with Crippen LogP contribution in [0.15, 0.2) is 53.7 Å². The lowest BCUT2D eigenvalue weighted by Gasteiger charge is -2.28. The number of rotatable bonds is 6. The van der Waals surface area contributed by atoms with Gasteiger partial charge in [-0.25, -0.2) is 9.59 Å². The number of hydrogen-bond donors (Lipinski definition) is 2. The van der Waals surface area contributed by atoms with Crippen LogP contribution in [0, 0.1) is 13.8 Å². The molecule has 0 fully saturated rings. The average molecular weight is 408 g/mol. The largest absolute Gasteiger partial charge is 0.489 e. The van der Waals surface area contributed by atoms with Gasteiger partial charge in [-0.15, -0.1) is 0 Å². The molecule has 2 N–H and O–H groups in total. The molecule has 1 unspecified atom stereocenters. The average Bonchev–Trinajstić information content (AvgIpc) is 2.67. The van der Waals surface area contributed by atoms with Crippen molar-refractivity contribution in [1.29, 1.82) is 0 Å². The van der Waals surface area contributed by atoms with Crippen molar-refractivity contribution in [1.82, 2.24) is 10.6 Å². The van der Waals surface area contributed by atoms with Crippen molar-refractivity contribution in [2.45, 2.75) is 53.4 Å². The number of carbonyl (C=O) groups is 2. The van der Waals surface area contributed by atoms with Gasteiger partial charge in [0.1, 0.15) is 12.4 Å². The summed E-state index contributed by atoms with van der Waals surface area (Å²) in [5.41, 5.74) is 5.18. The number of amides is 2. The molecule has 2 amide bonds. The molecule has 0 spiro atoms. The Morgan fingerprint density at radius 1 is 1.07 bits per heavy atom. The van der Waals surface area contributed by atoms with E-state index < -0.39 is 12.0 Å². The van der Waals surface area contributed by atoms with Crippen LogP contribution in [-0.2, 0) is 16.1 Å². The van der Waals surface area contributed by atoms with E-state index in [1.54, 1.807) is 20.8 Å². The van der Waals surface area contributed by atoms with Crippen LogP contribution >= 0.6 is 0 Å². The van der Waals surface area contributed by atoms with E-state index in [4.69, 9.17) is 9.47 Å². The van der Waals surface area contributed by atoms with Gasteiger partial charge in [0.25, 0.3) is 0 Å². The second kappa shape index (κ2) is 9.03. The van der Waals surface area contributed by atoms with Gasteiger partial charge in [-0.05, 0) is 63.4 Å². The molecule has 2 aromatic rings. The van der Waals surface area contributed by atoms with Gasteiger partial charge in [-0.1, -0.05) is 35.9 Å². The lowest BCUT2D eigenvalue weighted by atomic mass is 9.95. The first-order valence-corrected chi connectivity index (χ1v) is 10.0. The highest BCUT2D eigenvalue weighted by Crippen LogP contribution is 2.29. The van der Waals surface area contributed by atoms with E-state index in [-0.39, 0.29) is 12.1 Å². The van der Waals surface area contributed by atoms with Crippen LogP contribution in [0.4, 0.5) is 4.79 Å². The Labute approximate surface area is 177 Å². The summed E-state index contributed by atoms with van der Waals surface area (Å²) >= 11 is 0. The normalized spacial score (nSPS) is 16.2. The summed E-state index contributed by atoms with van der Waals surface area (Å²) in [4.78, 5) is 24.6. The van der Waals surface area contributed by atoms with Gasteiger partial charge in [0, 0.05) is 5.70 Å². The van der Waals surface area contributed by atoms with Crippen molar-refractivity contribution < 1.29 is 19.1 Å². The van der Waals surface area contributed by atoms with Gasteiger partial charge in [0.15, 0.2) is 0 Å². The van der Waals surface area contributed by atoms with Crippen molar-refractivity contribution in [3.63, 3.8) is 0 Å². The molecule has 0 bridgehead atoms. The van der Waals surface area contributed by atoms with Crippen LogP contribution in [0.3, 0.4) is 0 Å². The van der Waals surface area contributed by atoms with Crippen LogP contribution in [0.1, 0.15) is 49.1 Å². The molecular formula is C24H28N2O4. The number of aryl methyl sites for hydroxylation is 2. The maximum Gasteiger partial charge on any atom is 0.338 e. The van der Waals surface area contributed by atoms with Crippen molar-refractivity contribution in [3.05, 3.63) is 76.0 Å². The maximum absolute atomic E-state index is 12.6. The van der Waals surface area contributed by atoms with Gasteiger partial charge in [0.2, 0.25) is 0 Å². The number of ether oxygens (including phenoxy) is 2. The van der Waals surface area contributed by atoms with E-state index >= 15 is 0 Å². The molecule has 30 heavy (non-hydrogen) atoms. The Bertz CT molecular complexity index is 977.